The largest absolute Gasteiger partial charge is 0.310 e. The molecule has 2 aromatic carbocycles. The third-order valence-electron chi connectivity index (χ3n) is 3.83. The van der Waals surface area contributed by atoms with E-state index in [4.69, 9.17) is 0 Å². The molecule has 1 heterocycles. The van der Waals surface area contributed by atoms with Gasteiger partial charge in [0.25, 0.3) is 0 Å². The fourth-order valence-corrected chi connectivity index (χ4v) is 2.56. The molecule has 0 aliphatic rings. The molecule has 0 fully saturated rings. The summed E-state index contributed by atoms with van der Waals surface area (Å²) >= 11 is 0. The van der Waals surface area contributed by atoms with Crippen molar-refractivity contribution in [3.63, 3.8) is 0 Å². The van der Waals surface area contributed by atoms with Gasteiger partial charge in [-0.15, -0.1) is 10.2 Å². The maximum absolute atomic E-state index is 4.29. The third kappa shape index (κ3) is 3.19. The van der Waals surface area contributed by atoms with E-state index >= 15 is 0 Å². The SMILES string of the molecule is C[C@@H](c1ccccc1)n1cnnc1CCc1ccccc1. The maximum Gasteiger partial charge on any atom is 0.133 e. The Morgan fingerprint density at radius 3 is 2.29 bits per heavy atom. The molecule has 1 aromatic heterocycles. The van der Waals surface area contributed by atoms with Crippen LogP contribution in [-0.4, -0.2) is 14.8 Å². The molecular formula is C18H19N3. The first-order chi connectivity index (χ1) is 10.3. The quantitative estimate of drug-likeness (QED) is 0.712. The lowest BCUT2D eigenvalue weighted by Gasteiger charge is -2.15. The highest BCUT2D eigenvalue weighted by Gasteiger charge is 2.12. The Balaban J connectivity index is 1.75. The monoisotopic (exact) mass is 277 g/mol. The summed E-state index contributed by atoms with van der Waals surface area (Å²) < 4.78 is 2.16. The van der Waals surface area contributed by atoms with Crippen molar-refractivity contribution in [2.45, 2.75) is 25.8 Å². The van der Waals surface area contributed by atoms with E-state index in [9.17, 15) is 0 Å². The number of nitrogens with zero attached hydrogens (tertiary/aromatic N) is 3. The van der Waals surface area contributed by atoms with Crippen LogP contribution in [0.15, 0.2) is 67.0 Å². The third-order valence-corrected chi connectivity index (χ3v) is 3.83. The summed E-state index contributed by atoms with van der Waals surface area (Å²) in [6, 6.07) is 21.2. The Morgan fingerprint density at radius 2 is 1.57 bits per heavy atom. The van der Waals surface area contributed by atoms with Crippen LogP contribution in [0.5, 0.6) is 0 Å². The molecule has 0 spiro atoms. The summed E-state index contributed by atoms with van der Waals surface area (Å²) in [5.74, 6) is 1.04. The van der Waals surface area contributed by atoms with Gasteiger partial charge in [-0.1, -0.05) is 60.7 Å². The maximum atomic E-state index is 4.29. The average Bonchev–Trinajstić information content (AvgIpc) is 3.02. The van der Waals surface area contributed by atoms with Crippen molar-refractivity contribution in [2.75, 3.05) is 0 Å². The van der Waals surface area contributed by atoms with E-state index in [1.807, 2.05) is 18.5 Å². The van der Waals surface area contributed by atoms with Crippen molar-refractivity contribution in [1.29, 1.82) is 0 Å². The minimum absolute atomic E-state index is 0.256. The number of aromatic nitrogens is 3. The molecule has 0 bridgehead atoms. The first kappa shape index (κ1) is 13.6. The number of hydrogen-bond donors (Lipinski definition) is 0. The Kier molecular flexibility index (Phi) is 4.10. The molecule has 106 valence electrons. The molecule has 21 heavy (non-hydrogen) atoms. The molecule has 3 aromatic rings. The second-order valence-electron chi connectivity index (χ2n) is 5.23. The van der Waals surface area contributed by atoms with Crippen molar-refractivity contribution in [2.24, 2.45) is 0 Å². The van der Waals surface area contributed by atoms with E-state index in [1.165, 1.54) is 11.1 Å². The lowest BCUT2D eigenvalue weighted by Crippen LogP contribution is -2.10. The van der Waals surface area contributed by atoms with E-state index in [0.717, 1.165) is 18.7 Å². The van der Waals surface area contributed by atoms with E-state index < -0.39 is 0 Å². The normalized spacial score (nSPS) is 12.2. The first-order valence-corrected chi connectivity index (χ1v) is 7.32. The molecule has 0 aliphatic heterocycles. The van der Waals surface area contributed by atoms with Gasteiger partial charge in [0.1, 0.15) is 12.2 Å². The standard InChI is InChI=1S/C18H19N3/c1-15(17-10-6-3-7-11-17)21-14-19-20-18(21)13-12-16-8-4-2-5-9-16/h2-11,14-15H,12-13H2,1H3/t15-/m0/s1. The van der Waals surface area contributed by atoms with Crippen molar-refractivity contribution in [3.8, 4) is 0 Å². The minimum atomic E-state index is 0.256. The van der Waals surface area contributed by atoms with Crippen molar-refractivity contribution in [3.05, 3.63) is 83.9 Å². The fraction of sp³-hybridized carbons (Fsp3) is 0.222. The molecule has 0 amide bonds. The van der Waals surface area contributed by atoms with Crippen LogP contribution in [-0.2, 0) is 12.8 Å². The number of aryl methyl sites for hydroxylation is 2. The highest BCUT2D eigenvalue weighted by atomic mass is 15.3. The summed E-state index contributed by atoms with van der Waals surface area (Å²) in [4.78, 5) is 0. The predicted octanol–water partition coefficient (Wildman–Crippen LogP) is 3.67. The van der Waals surface area contributed by atoms with Crippen LogP contribution in [0, 0.1) is 0 Å². The van der Waals surface area contributed by atoms with Crippen LogP contribution in [0.25, 0.3) is 0 Å². The molecule has 0 aliphatic carbocycles. The minimum Gasteiger partial charge on any atom is -0.310 e. The summed E-state index contributed by atoms with van der Waals surface area (Å²) in [7, 11) is 0. The van der Waals surface area contributed by atoms with Crippen LogP contribution < -0.4 is 0 Å². The summed E-state index contributed by atoms with van der Waals surface area (Å²) in [5, 5.41) is 8.38. The second kappa shape index (κ2) is 6.35. The van der Waals surface area contributed by atoms with Gasteiger partial charge in [0.05, 0.1) is 6.04 Å². The molecular weight excluding hydrogens is 258 g/mol. The van der Waals surface area contributed by atoms with Gasteiger partial charge in [0.2, 0.25) is 0 Å². The van der Waals surface area contributed by atoms with Crippen molar-refractivity contribution < 1.29 is 0 Å². The van der Waals surface area contributed by atoms with Gasteiger partial charge in [-0.2, -0.15) is 0 Å². The van der Waals surface area contributed by atoms with Gasteiger partial charge in [-0.05, 0) is 24.5 Å². The molecule has 0 N–H and O–H groups in total. The van der Waals surface area contributed by atoms with Crippen LogP contribution in [0.1, 0.15) is 29.9 Å². The number of rotatable bonds is 5. The molecule has 1 atom stereocenters. The molecule has 0 unspecified atom stereocenters. The van der Waals surface area contributed by atoms with Crippen LogP contribution >= 0.6 is 0 Å². The molecule has 3 rings (SSSR count). The van der Waals surface area contributed by atoms with E-state index in [0.29, 0.717) is 0 Å². The Morgan fingerprint density at radius 1 is 0.905 bits per heavy atom. The van der Waals surface area contributed by atoms with E-state index in [2.05, 4.69) is 70.2 Å². The van der Waals surface area contributed by atoms with E-state index in [-0.39, 0.29) is 6.04 Å². The van der Waals surface area contributed by atoms with Gasteiger partial charge in [-0.25, -0.2) is 0 Å². The van der Waals surface area contributed by atoms with Gasteiger partial charge >= 0.3 is 0 Å². The topological polar surface area (TPSA) is 30.7 Å². The molecule has 0 saturated heterocycles. The highest BCUT2D eigenvalue weighted by Crippen LogP contribution is 2.19. The zero-order valence-electron chi connectivity index (χ0n) is 12.2. The number of benzene rings is 2. The van der Waals surface area contributed by atoms with Gasteiger partial charge < -0.3 is 4.57 Å². The van der Waals surface area contributed by atoms with Crippen LogP contribution in [0.3, 0.4) is 0 Å². The summed E-state index contributed by atoms with van der Waals surface area (Å²) in [5.41, 5.74) is 2.61. The molecule has 3 heteroatoms. The van der Waals surface area contributed by atoms with Crippen LogP contribution in [0.4, 0.5) is 0 Å². The van der Waals surface area contributed by atoms with Gasteiger partial charge in [0.15, 0.2) is 0 Å². The predicted molar refractivity (Wildman–Crippen MR) is 84.1 cm³/mol. The molecule has 0 saturated carbocycles. The summed E-state index contributed by atoms with van der Waals surface area (Å²) in [6.45, 7) is 2.19. The van der Waals surface area contributed by atoms with Crippen LogP contribution in [0.2, 0.25) is 0 Å². The van der Waals surface area contributed by atoms with Gasteiger partial charge in [0, 0.05) is 6.42 Å². The lowest BCUT2D eigenvalue weighted by atomic mass is 10.1. The number of hydrogen-bond acceptors (Lipinski definition) is 2. The van der Waals surface area contributed by atoms with Crippen molar-refractivity contribution >= 4 is 0 Å². The van der Waals surface area contributed by atoms with Crippen molar-refractivity contribution in [1.82, 2.24) is 14.8 Å². The second-order valence-corrected chi connectivity index (χ2v) is 5.23. The zero-order valence-corrected chi connectivity index (χ0v) is 12.2. The Bertz CT molecular complexity index is 674. The molecule has 3 nitrogen and oxygen atoms in total. The van der Waals surface area contributed by atoms with Gasteiger partial charge in [-0.3, -0.25) is 0 Å². The zero-order chi connectivity index (χ0) is 14.5. The average molecular weight is 277 g/mol. The first-order valence-electron chi connectivity index (χ1n) is 7.32. The lowest BCUT2D eigenvalue weighted by molar-refractivity contribution is 0.598. The highest BCUT2D eigenvalue weighted by molar-refractivity contribution is 5.20. The Hall–Kier alpha value is -2.42. The smallest absolute Gasteiger partial charge is 0.133 e. The summed E-state index contributed by atoms with van der Waals surface area (Å²) in [6.07, 6.45) is 3.72. The Labute approximate surface area is 125 Å². The fourth-order valence-electron chi connectivity index (χ4n) is 2.56. The molecule has 0 radical (unpaired) electrons. The van der Waals surface area contributed by atoms with E-state index in [1.54, 1.807) is 0 Å².